The third-order valence-corrected chi connectivity index (χ3v) is 2.46. The molecule has 1 aromatic rings. The van der Waals surface area contributed by atoms with Crippen LogP contribution in [-0.2, 0) is 19.3 Å². The Morgan fingerprint density at radius 1 is 1.08 bits per heavy atom. The number of hydrogen-bond donors (Lipinski definition) is 1. The first-order valence-electron chi connectivity index (χ1n) is 4.99. The first-order chi connectivity index (χ1) is 6.24. The van der Waals surface area contributed by atoms with Crippen molar-refractivity contribution in [1.82, 2.24) is 4.98 Å². The molecule has 0 aliphatic heterocycles. The number of nitrogens with zero attached hydrogens (tertiary/aromatic N) is 1. The van der Waals surface area contributed by atoms with Crippen molar-refractivity contribution in [3.05, 3.63) is 23.0 Å². The van der Waals surface area contributed by atoms with Crippen LogP contribution in [0.5, 0.6) is 0 Å². The maximum absolute atomic E-state index is 5.87. The molecule has 0 radical (unpaired) electrons. The molecule has 0 aliphatic rings. The van der Waals surface area contributed by atoms with Crippen LogP contribution in [0, 0.1) is 0 Å². The maximum atomic E-state index is 5.87. The van der Waals surface area contributed by atoms with E-state index in [4.69, 9.17) is 5.73 Å². The summed E-state index contributed by atoms with van der Waals surface area (Å²) >= 11 is 0. The summed E-state index contributed by atoms with van der Waals surface area (Å²) in [7, 11) is 0. The first-order valence-corrected chi connectivity index (χ1v) is 4.99. The molecule has 0 amide bonds. The highest BCUT2D eigenvalue weighted by atomic mass is 14.7. The molecule has 0 unspecified atom stereocenters. The molecule has 2 N–H and O–H groups in total. The van der Waals surface area contributed by atoms with Gasteiger partial charge in [0.05, 0.1) is 11.9 Å². The fourth-order valence-electron chi connectivity index (χ4n) is 1.79. The Kier molecular flexibility index (Phi) is 3.29. The van der Waals surface area contributed by atoms with Gasteiger partial charge in [-0.2, -0.15) is 0 Å². The second-order valence-electron chi connectivity index (χ2n) is 3.18. The summed E-state index contributed by atoms with van der Waals surface area (Å²) in [6.45, 7) is 6.44. The average Bonchev–Trinajstić information content (AvgIpc) is 2.17. The third kappa shape index (κ3) is 1.82. The van der Waals surface area contributed by atoms with Crippen molar-refractivity contribution in [3.8, 4) is 0 Å². The average molecular weight is 178 g/mol. The lowest BCUT2D eigenvalue weighted by atomic mass is 9.99. The summed E-state index contributed by atoms with van der Waals surface area (Å²) in [6.07, 6.45) is 4.82. The summed E-state index contributed by atoms with van der Waals surface area (Å²) in [5.41, 5.74) is 10.6. The summed E-state index contributed by atoms with van der Waals surface area (Å²) < 4.78 is 0. The van der Waals surface area contributed by atoms with Gasteiger partial charge in [0.1, 0.15) is 0 Å². The molecular formula is C11H18N2. The van der Waals surface area contributed by atoms with Gasteiger partial charge in [0, 0.05) is 5.69 Å². The van der Waals surface area contributed by atoms with Gasteiger partial charge in [-0.05, 0) is 30.4 Å². The third-order valence-electron chi connectivity index (χ3n) is 2.46. The van der Waals surface area contributed by atoms with Gasteiger partial charge in [0.2, 0.25) is 0 Å². The van der Waals surface area contributed by atoms with Crippen molar-refractivity contribution < 1.29 is 0 Å². The minimum absolute atomic E-state index is 0.844. The van der Waals surface area contributed by atoms with Crippen molar-refractivity contribution in [3.63, 3.8) is 0 Å². The monoisotopic (exact) mass is 178 g/mol. The highest BCUT2D eigenvalue weighted by Gasteiger charge is 2.08. The molecule has 2 heteroatoms. The number of aryl methyl sites for hydroxylation is 1. The van der Waals surface area contributed by atoms with E-state index >= 15 is 0 Å². The van der Waals surface area contributed by atoms with E-state index in [0.29, 0.717) is 0 Å². The fourth-order valence-corrected chi connectivity index (χ4v) is 1.79. The summed E-state index contributed by atoms with van der Waals surface area (Å²) in [5.74, 6) is 0. The van der Waals surface area contributed by atoms with Crippen LogP contribution in [0.15, 0.2) is 6.20 Å². The van der Waals surface area contributed by atoms with Crippen molar-refractivity contribution in [2.24, 2.45) is 0 Å². The standard InChI is InChI=1S/C11H18N2/c1-4-8-9(5-2)11(6-3)13-7-10(8)12/h7H,4-6,12H2,1-3H3. The molecule has 1 heterocycles. The molecule has 72 valence electrons. The zero-order valence-corrected chi connectivity index (χ0v) is 8.72. The zero-order valence-electron chi connectivity index (χ0n) is 8.72. The van der Waals surface area contributed by atoms with E-state index in [2.05, 4.69) is 25.8 Å². The predicted octanol–water partition coefficient (Wildman–Crippen LogP) is 2.35. The highest BCUT2D eigenvalue weighted by molar-refractivity contribution is 5.50. The molecule has 0 atom stereocenters. The van der Waals surface area contributed by atoms with Crippen molar-refractivity contribution >= 4 is 5.69 Å². The van der Waals surface area contributed by atoms with Crippen molar-refractivity contribution in [2.75, 3.05) is 5.73 Å². The summed E-state index contributed by atoms with van der Waals surface area (Å²) in [5, 5.41) is 0. The zero-order chi connectivity index (χ0) is 9.84. The van der Waals surface area contributed by atoms with Crippen LogP contribution in [0.1, 0.15) is 37.6 Å². The van der Waals surface area contributed by atoms with E-state index in [0.717, 1.165) is 24.9 Å². The van der Waals surface area contributed by atoms with Gasteiger partial charge < -0.3 is 5.73 Å². The van der Waals surface area contributed by atoms with E-state index in [1.165, 1.54) is 16.8 Å². The Labute approximate surface area is 80.2 Å². The van der Waals surface area contributed by atoms with E-state index in [-0.39, 0.29) is 0 Å². The molecule has 13 heavy (non-hydrogen) atoms. The number of rotatable bonds is 3. The first kappa shape index (κ1) is 10.0. The van der Waals surface area contributed by atoms with Crippen LogP contribution in [0.4, 0.5) is 5.69 Å². The van der Waals surface area contributed by atoms with Crippen LogP contribution in [0.25, 0.3) is 0 Å². The maximum Gasteiger partial charge on any atom is 0.0536 e. The van der Waals surface area contributed by atoms with Gasteiger partial charge >= 0.3 is 0 Å². The van der Waals surface area contributed by atoms with E-state index < -0.39 is 0 Å². The van der Waals surface area contributed by atoms with Crippen LogP contribution in [0.3, 0.4) is 0 Å². The Bertz CT molecular complexity index is 292. The lowest BCUT2D eigenvalue weighted by Crippen LogP contribution is -2.04. The number of nitrogen functional groups attached to an aromatic ring is 1. The van der Waals surface area contributed by atoms with E-state index in [1.54, 1.807) is 6.20 Å². The molecule has 0 saturated heterocycles. The number of anilines is 1. The molecule has 1 aromatic heterocycles. The Morgan fingerprint density at radius 3 is 2.15 bits per heavy atom. The van der Waals surface area contributed by atoms with E-state index in [1.807, 2.05) is 0 Å². The molecule has 1 rings (SSSR count). The molecule has 0 spiro atoms. The molecular weight excluding hydrogens is 160 g/mol. The predicted molar refractivity (Wildman–Crippen MR) is 56.8 cm³/mol. The fraction of sp³-hybridized carbons (Fsp3) is 0.545. The SMILES string of the molecule is CCc1ncc(N)c(CC)c1CC. The second kappa shape index (κ2) is 4.26. The van der Waals surface area contributed by atoms with Crippen LogP contribution >= 0.6 is 0 Å². The van der Waals surface area contributed by atoms with Crippen LogP contribution in [-0.4, -0.2) is 4.98 Å². The number of hydrogen-bond acceptors (Lipinski definition) is 2. The lowest BCUT2D eigenvalue weighted by molar-refractivity contribution is 0.929. The Hall–Kier alpha value is -1.05. The number of nitrogens with two attached hydrogens (primary N) is 1. The smallest absolute Gasteiger partial charge is 0.0536 e. The topological polar surface area (TPSA) is 38.9 Å². The van der Waals surface area contributed by atoms with Gasteiger partial charge in [0.25, 0.3) is 0 Å². The molecule has 0 bridgehead atoms. The van der Waals surface area contributed by atoms with Gasteiger partial charge in [0.15, 0.2) is 0 Å². The van der Waals surface area contributed by atoms with Crippen LogP contribution < -0.4 is 5.73 Å². The van der Waals surface area contributed by atoms with Gasteiger partial charge in [-0.15, -0.1) is 0 Å². The summed E-state index contributed by atoms with van der Waals surface area (Å²) in [6, 6.07) is 0. The minimum atomic E-state index is 0.844. The van der Waals surface area contributed by atoms with Gasteiger partial charge in [-0.3, -0.25) is 4.98 Å². The lowest BCUT2D eigenvalue weighted by Gasteiger charge is -2.12. The second-order valence-corrected chi connectivity index (χ2v) is 3.18. The van der Waals surface area contributed by atoms with Gasteiger partial charge in [-0.25, -0.2) is 0 Å². The highest BCUT2D eigenvalue weighted by Crippen LogP contribution is 2.20. The van der Waals surface area contributed by atoms with Crippen molar-refractivity contribution in [1.29, 1.82) is 0 Å². The number of pyridine rings is 1. The quantitative estimate of drug-likeness (QED) is 0.771. The molecule has 0 saturated carbocycles. The molecule has 0 aliphatic carbocycles. The molecule has 0 aromatic carbocycles. The number of aromatic nitrogens is 1. The van der Waals surface area contributed by atoms with Crippen molar-refractivity contribution in [2.45, 2.75) is 40.0 Å². The Morgan fingerprint density at radius 2 is 1.69 bits per heavy atom. The largest absolute Gasteiger partial charge is 0.397 e. The van der Waals surface area contributed by atoms with Crippen LogP contribution in [0.2, 0.25) is 0 Å². The minimum Gasteiger partial charge on any atom is -0.397 e. The Balaban J connectivity index is 3.27. The normalized spacial score (nSPS) is 10.4. The van der Waals surface area contributed by atoms with E-state index in [9.17, 15) is 0 Å². The molecule has 2 nitrogen and oxygen atoms in total. The molecule has 0 fully saturated rings. The van der Waals surface area contributed by atoms with Gasteiger partial charge in [-0.1, -0.05) is 20.8 Å². The summed E-state index contributed by atoms with van der Waals surface area (Å²) in [4.78, 5) is 4.35.